The van der Waals surface area contributed by atoms with E-state index >= 15 is 0 Å². The second-order valence-electron chi connectivity index (χ2n) is 5.51. The number of amides is 1. The summed E-state index contributed by atoms with van der Waals surface area (Å²) in [6, 6.07) is 2.92. The Hall–Kier alpha value is -2.47. The number of fused-ring (bicyclic) bond motifs is 2. The molecule has 1 amide bonds. The third-order valence-corrected chi connectivity index (χ3v) is 4.89. The number of hydrogen-bond acceptors (Lipinski definition) is 4. The predicted molar refractivity (Wildman–Crippen MR) is 81.9 cm³/mol. The Labute approximate surface area is 127 Å². The Morgan fingerprint density at radius 1 is 1.23 bits per heavy atom. The minimum atomic E-state index is -3.33. The molecule has 0 aliphatic heterocycles. The number of rotatable bonds is 3. The van der Waals surface area contributed by atoms with Crippen molar-refractivity contribution in [3.05, 3.63) is 64.4 Å². The average molecular weight is 312 g/mol. The highest BCUT2D eigenvalue weighted by Crippen LogP contribution is 2.51. The molecule has 0 unspecified atom stereocenters. The Morgan fingerprint density at radius 2 is 2.05 bits per heavy atom. The predicted octanol–water partition coefficient (Wildman–Crippen LogP) is 1.93. The molecule has 3 aliphatic rings. The van der Waals surface area contributed by atoms with Crippen molar-refractivity contribution in [1.82, 2.24) is 4.98 Å². The van der Waals surface area contributed by atoms with Crippen LogP contribution >= 0.6 is 0 Å². The van der Waals surface area contributed by atoms with E-state index < -0.39 is 9.84 Å². The molecule has 1 aromatic heterocycles. The molecule has 6 heteroatoms. The highest BCUT2D eigenvalue weighted by atomic mass is 32.2. The van der Waals surface area contributed by atoms with Crippen LogP contribution in [0.3, 0.4) is 0 Å². The van der Waals surface area contributed by atoms with Gasteiger partial charge in [0.05, 0.1) is 11.9 Å². The molecule has 0 spiro atoms. The zero-order chi connectivity index (χ0) is 15.5. The molecule has 3 aliphatic carbocycles. The number of anilines is 1. The molecule has 5 nitrogen and oxygen atoms in total. The lowest BCUT2D eigenvalue weighted by molar-refractivity contribution is -0.112. The molecule has 1 saturated carbocycles. The summed E-state index contributed by atoms with van der Waals surface area (Å²) < 4.78 is 22.7. The Balaban J connectivity index is 1.57. The van der Waals surface area contributed by atoms with E-state index in [1.165, 1.54) is 29.5 Å². The van der Waals surface area contributed by atoms with Crippen LogP contribution in [-0.2, 0) is 14.6 Å². The summed E-state index contributed by atoms with van der Waals surface area (Å²) in [5, 5.41) is 2.73. The van der Waals surface area contributed by atoms with Crippen LogP contribution in [0.5, 0.6) is 0 Å². The van der Waals surface area contributed by atoms with Crippen LogP contribution in [0.15, 0.2) is 69.4 Å². The number of nitrogens with one attached hydrogen (secondary N) is 1. The molecule has 0 radical (unpaired) electrons. The summed E-state index contributed by atoms with van der Waals surface area (Å²) >= 11 is 0. The number of nitrogens with zero attached hydrogens (tertiary/aromatic N) is 1. The van der Waals surface area contributed by atoms with E-state index in [-0.39, 0.29) is 10.9 Å². The van der Waals surface area contributed by atoms with Crippen LogP contribution in [0.2, 0.25) is 0 Å². The molecule has 22 heavy (non-hydrogen) atoms. The summed E-state index contributed by atoms with van der Waals surface area (Å²) in [4.78, 5) is 16.2. The van der Waals surface area contributed by atoms with Crippen LogP contribution in [0.25, 0.3) is 0 Å². The van der Waals surface area contributed by atoms with Crippen LogP contribution < -0.4 is 5.32 Å². The Bertz CT molecular complexity index is 946. The van der Waals surface area contributed by atoms with Gasteiger partial charge in [-0.05, 0) is 53.0 Å². The molecular formula is C16H12N2O3S. The number of hydrogen-bond donors (Lipinski definition) is 1. The van der Waals surface area contributed by atoms with Crippen molar-refractivity contribution in [1.29, 1.82) is 0 Å². The highest BCUT2D eigenvalue weighted by molar-refractivity contribution is 7.90. The first kappa shape index (κ1) is 13.2. The van der Waals surface area contributed by atoms with Gasteiger partial charge in [-0.15, -0.1) is 0 Å². The van der Waals surface area contributed by atoms with Crippen LogP contribution in [0.1, 0.15) is 6.42 Å². The van der Waals surface area contributed by atoms with Crippen molar-refractivity contribution in [3.8, 4) is 0 Å². The zero-order valence-corrected chi connectivity index (χ0v) is 12.6. The van der Waals surface area contributed by atoms with Crippen molar-refractivity contribution in [3.63, 3.8) is 0 Å². The van der Waals surface area contributed by atoms with E-state index in [0.29, 0.717) is 11.3 Å². The van der Waals surface area contributed by atoms with Gasteiger partial charge in [0.2, 0.25) is 0 Å². The van der Waals surface area contributed by atoms with E-state index in [9.17, 15) is 13.2 Å². The Kier molecular flexibility index (Phi) is 2.56. The van der Waals surface area contributed by atoms with Crippen molar-refractivity contribution >= 4 is 21.4 Å². The highest BCUT2D eigenvalue weighted by Gasteiger charge is 2.35. The topological polar surface area (TPSA) is 76.1 Å². The second kappa shape index (κ2) is 4.27. The van der Waals surface area contributed by atoms with E-state index in [4.69, 9.17) is 0 Å². The number of aromatic nitrogens is 1. The fourth-order valence-electron chi connectivity index (χ4n) is 2.71. The van der Waals surface area contributed by atoms with E-state index in [0.717, 1.165) is 23.8 Å². The molecule has 0 bridgehead atoms. The molecule has 110 valence electrons. The van der Waals surface area contributed by atoms with E-state index in [1.54, 1.807) is 0 Å². The lowest BCUT2D eigenvalue weighted by Crippen LogP contribution is -2.14. The van der Waals surface area contributed by atoms with Crippen LogP contribution in [0, 0.1) is 0 Å². The summed E-state index contributed by atoms with van der Waals surface area (Å²) in [5.41, 5.74) is 5.90. The van der Waals surface area contributed by atoms with Gasteiger partial charge < -0.3 is 5.32 Å². The summed E-state index contributed by atoms with van der Waals surface area (Å²) in [5.74, 6) is -0.214. The quantitative estimate of drug-likeness (QED) is 0.925. The number of sulfone groups is 1. The lowest BCUT2D eigenvalue weighted by Gasteiger charge is -2.06. The maximum atomic E-state index is 12.3. The van der Waals surface area contributed by atoms with Gasteiger partial charge in [-0.1, -0.05) is 6.08 Å². The Morgan fingerprint density at radius 3 is 2.73 bits per heavy atom. The largest absolute Gasteiger partial charge is 0.321 e. The third-order valence-electron chi connectivity index (χ3n) is 3.89. The summed E-state index contributed by atoms with van der Waals surface area (Å²) in [7, 11) is -3.33. The number of carbonyl (C=O) groups excluding carboxylic acids is 1. The van der Waals surface area contributed by atoms with Gasteiger partial charge >= 0.3 is 0 Å². The normalized spacial score (nSPS) is 18.3. The van der Waals surface area contributed by atoms with Gasteiger partial charge in [-0.3, -0.25) is 4.79 Å². The van der Waals surface area contributed by atoms with Crippen molar-refractivity contribution in [2.75, 3.05) is 11.6 Å². The molecule has 1 N–H and O–H groups in total. The summed E-state index contributed by atoms with van der Waals surface area (Å²) in [6.45, 7) is 0. The molecule has 1 heterocycles. The minimum absolute atomic E-state index is 0.0130. The molecular weight excluding hydrogens is 300 g/mol. The van der Waals surface area contributed by atoms with Crippen molar-refractivity contribution in [2.24, 2.45) is 0 Å². The molecule has 0 atom stereocenters. The second-order valence-corrected chi connectivity index (χ2v) is 7.47. The van der Waals surface area contributed by atoms with Crippen LogP contribution in [0.4, 0.5) is 5.69 Å². The minimum Gasteiger partial charge on any atom is -0.321 e. The first-order chi connectivity index (χ1) is 10.4. The van der Waals surface area contributed by atoms with Gasteiger partial charge in [-0.2, -0.15) is 0 Å². The fourth-order valence-corrected chi connectivity index (χ4v) is 3.27. The first-order valence-corrected chi connectivity index (χ1v) is 8.67. The van der Waals surface area contributed by atoms with E-state index in [1.807, 2.05) is 12.2 Å². The van der Waals surface area contributed by atoms with Gasteiger partial charge in [0.25, 0.3) is 5.91 Å². The number of carbonyl (C=O) groups is 1. The van der Waals surface area contributed by atoms with Gasteiger partial charge in [0, 0.05) is 11.8 Å². The monoisotopic (exact) mass is 312 g/mol. The molecule has 1 fully saturated rings. The van der Waals surface area contributed by atoms with Crippen LogP contribution in [-0.4, -0.2) is 25.6 Å². The zero-order valence-electron chi connectivity index (χ0n) is 11.8. The fraction of sp³-hybridized carbons (Fsp3) is 0.125. The standard InChI is InChI=1S/C16H12N2O3S/c1-22(20,21)15-5-2-10(8-17-15)18-16(19)12-4-3-11-13-6-9(13)7-14(11)12/h2-5,7-8H,6H2,1H3,(H,18,19). The molecule has 1 aromatic rings. The third kappa shape index (κ3) is 2.03. The lowest BCUT2D eigenvalue weighted by atomic mass is 10.1. The SMILES string of the molecule is CS(=O)(=O)c1ccc(NC(=O)C2=C3C=C4CC4=C3C=C2)cn1. The number of allylic oxidation sites excluding steroid dienone is 6. The van der Waals surface area contributed by atoms with Crippen molar-refractivity contribution < 1.29 is 13.2 Å². The molecule has 4 rings (SSSR count). The summed E-state index contributed by atoms with van der Waals surface area (Å²) in [6.07, 6.45) is 9.33. The molecule has 0 saturated heterocycles. The maximum absolute atomic E-state index is 12.3. The maximum Gasteiger partial charge on any atom is 0.256 e. The van der Waals surface area contributed by atoms with Gasteiger partial charge in [0.1, 0.15) is 0 Å². The smallest absolute Gasteiger partial charge is 0.256 e. The average Bonchev–Trinajstić information content (AvgIpc) is 2.93. The van der Waals surface area contributed by atoms with Crippen molar-refractivity contribution in [2.45, 2.75) is 11.4 Å². The van der Waals surface area contributed by atoms with E-state index in [2.05, 4.69) is 16.4 Å². The number of pyridine rings is 1. The molecule has 0 aromatic carbocycles. The van der Waals surface area contributed by atoms with Gasteiger partial charge in [0.15, 0.2) is 14.9 Å². The van der Waals surface area contributed by atoms with Gasteiger partial charge in [-0.25, -0.2) is 13.4 Å². The first-order valence-electron chi connectivity index (χ1n) is 6.78.